The molecule has 16 amide bonds. The molecule has 121 heavy (non-hydrogen) atoms. The van der Waals surface area contributed by atoms with Gasteiger partial charge in [-0.05, 0) is 120 Å². The van der Waals surface area contributed by atoms with E-state index in [1.54, 1.807) is 41.5 Å². The number of aliphatic hydroxyl groups excluding tert-OH is 3. The third-order valence-electron chi connectivity index (χ3n) is 18.2. The van der Waals surface area contributed by atoms with Gasteiger partial charge in [0.1, 0.15) is 78.5 Å². The van der Waals surface area contributed by atoms with E-state index in [9.17, 15) is 127 Å². The Morgan fingerprint density at radius 3 is 1.00 bits per heavy atom. The maximum Gasteiger partial charge on any atom is 0.326 e. The average molecular weight is 1730 g/mol. The van der Waals surface area contributed by atoms with E-state index in [2.05, 4.69) is 79.8 Å². The maximum atomic E-state index is 14.3. The molecule has 29 N–H and O–H groups in total. The van der Waals surface area contributed by atoms with E-state index >= 15 is 0 Å². The van der Waals surface area contributed by atoms with Gasteiger partial charge in [0, 0.05) is 12.8 Å². The summed E-state index contributed by atoms with van der Waals surface area (Å²) in [6, 6.07) is -21.9. The Balaban J connectivity index is 6.43. The van der Waals surface area contributed by atoms with Gasteiger partial charge in [-0.25, -0.2) is 4.79 Å². The molecule has 0 aromatic carbocycles. The number of carbonyl (C=O) groups excluding carboxylic acids is 16. The van der Waals surface area contributed by atoms with Crippen molar-refractivity contribution in [1.82, 2.24) is 85.1 Å². The van der Waals surface area contributed by atoms with E-state index in [0.29, 0.717) is 32.2 Å². The van der Waals surface area contributed by atoms with Crippen LogP contribution in [0.3, 0.4) is 0 Å². The van der Waals surface area contributed by atoms with Crippen LogP contribution < -0.4 is 102 Å². The quantitative estimate of drug-likeness (QED) is 0.0252. The minimum absolute atomic E-state index is 0.00805. The summed E-state index contributed by atoms with van der Waals surface area (Å²) in [6.07, 6.45) is -3.49. The number of carboxylic acid groups (broad SMARTS) is 4. The molecule has 0 aromatic heterocycles. The first kappa shape index (κ1) is 110. The summed E-state index contributed by atoms with van der Waals surface area (Å²) in [6.45, 7) is 16.2. The van der Waals surface area contributed by atoms with Crippen molar-refractivity contribution < 1.29 is 132 Å². The van der Waals surface area contributed by atoms with Crippen LogP contribution in [0.15, 0.2) is 0 Å². The number of aliphatic carboxylic acids is 4. The molecular formula is C75H131N19O27. The van der Waals surface area contributed by atoms with E-state index in [4.69, 9.17) is 22.3 Å². The van der Waals surface area contributed by atoms with Crippen molar-refractivity contribution >= 4 is 118 Å². The van der Waals surface area contributed by atoms with Crippen LogP contribution in [-0.4, -0.2) is 291 Å². The van der Waals surface area contributed by atoms with Crippen LogP contribution in [0.25, 0.3) is 0 Å². The highest BCUT2D eigenvalue weighted by Crippen LogP contribution is 2.15. The predicted octanol–water partition coefficient (Wildman–Crippen LogP) is -8.02. The van der Waals surface area contributed by atoms with Crippen LogP contribution >= 0.6 is 0 Å². The molecule has 15 atom stereocenters. The zero-order valence-electron chi connectivity index (χ0n) is 71.0. The number of rotatable bonds is 61. The smallest absolute Gasteiger partial charge is 0.326 e. The fourth-order valence-electron chi connectivity index (χ4n) is 11.5. The number of carbonyl (C=O) groups is 20. The second kappa shape index (κ2) is 57.4. The molecule has 0 heterocycles. The standard InChI is InChI=1S/C75H131N19O27/c1-35(2)26-46(86-64(109)43(19-15-17-25-77)84-69(114)50(33-95)89-62(107)42(78)18-14-16-24-76)63(108)80-32-54(100)83-49(29-57(105)106)66(111)87-47(27-36(3)4)68(113)92-60(40(11)12)73(118)94-61(41(13)97)74(119)93-59(39(9)10)72(117)90-51(34-96)70(115)88-48(28-37(5)6)67(112)91-58(38(7)8)71(116)81-30-52(98)79-31-53(99)82-44(20-22-55(101)102)65(110)85-45(75(120)121)21-23-56(103)104/h35-51,58-61,95-97H,14-34,76-78H2,1-13H3,(H,79,98)(H,80,108)(H,81,116)(H,82,99)(H,83,100)(H,84,114)(H,85,110)(H,86,109)(H,87,111)(H,88,115)(H,89,107)(H,90,117)(H,91,112)(H,92,113)(H,93,119)(H,94,118)(H,101,102)(H,103,104)(H,105,106)(H,120,121)/t41-,42+,43+,44+,45+,46+,47+,48+,49+,50+,51+,58+,59+,60+,61+/m1/s1. The van der Waals surface area contributed by atoms with Crippen molar-refractivity contribution in [2.45, 2.75) is 271 Å². The lowest BCUT2D eigenvalue weighted by atomic mass is 9.98. The molecule has 0 aliphatic carbocycles. The fraction of sp³-hybridized carbons (Fsp3) is 0.733. The molecule has 0 aromatic rings. The summed E-state index contributed by atoms with van der Waals surface area (Å²) >= 11 is 0. The van der Waals surface area contributed by atoms with Gasteiger partial charge in [0.15, 0.2) is 0 Å². The first-order valence-electron chi connectivity index (χ1n) is 40.1. The number of carboxylic acids is 4. The highest BCUT2D eigenvalue weighted by atomic mass is 16.4. The third-order valence-corrected chi connectivity index (χ3v) is 18.2. The Kier molecular flexibility index (Phi) is 52.3. The molecule has 0 saturated carbocycles. The normalized spacial score (nSPS) is 15.0. The van der Waals surface area contributed by atoms with Gasteiger partial charge in [0.25, 0.3) is 0 Å². The fourth-order valence-corrected chi connectivity index (χ4v) is 11.5. The minimum Gasteiger partial charge on any atom is -0.481 e. The van der Waals surface area contributed by atoms with Gasteiger partial charge in [0.05, 0.1) is 51.4 Å². The molecule has 0 radical (unpaired) electrons. The second-order valence-corrected chi connectivity index (χ2v) is 31.5. The van der Waals surface area contributed by atoms with Gasteiger partial charge in [-0.15, -0.1) is 0 Å². The van der Waals surface area contributed by atoms with Gasteiger partial charge in [-0.2, -0.15) is 0 Å². The highest BCUT2D eigenvalue weighted by molar-refractivity contribution is 6.01. The van der Waals surface area contributed by atoms with Gasteiger partial charge in [-0.3, -0.25) is 91.1 Å². The first-order valence-corrected chi connectivity index (χ1v) is 40.1. The van der Waals surface area contributed by atoms with E-state index in [-0.39, 0.29) is 50.5 Å². The van der Waals surface area contributed by atoms with Crippen molar-refractivity contribution in [3.63, 3.8) is 0 Å². The number of amides is 16. The van der Waals surface area contributed by atoms with Crippen LogP contribution in [-0.2, 0) is 95.9 Å². The molecule has 0 saturated heterocycles. The topological polar surface area (TPSA) is 754 Å². The molecule has 0 rings (SSSR count). The number of nitrogens with two attached hydrogens (primary N) is 3. The zero-order chi connectivity index (χ0) is 92.8. The molecule has 0 unspecified atom stereocenters. The molecule has 0 bridgehead atoms. The summed E-state index contributed by atoms with van der Waals surface area (Å²) in [4.78, 5) is 264. The predicted molar refractivity (Wildman–Crippen MR) is 430 cm³/mol. The Morgan fingerprint density at radius 2 is 0.595 bits per heavy atom. The summed E-state index contributed by atoms with van der Waals surface area (Å²) in [5.41, 5.74) is 17.2. The van der Waals surface area contributed by atoms with Crippen LogP contribution in [0.5, 0.6) is 0 Å². The molecule has 0 spiro atoms. The Bertz CT molecular complexity index is 3490. The van der Waals surface area contributed by atoms with Crippen molar-refractivity contribution in [3.8, 4) is 0 Å². The van der Waals surface area contributed by atoms with Crippen molar-refractivity contribution in [3.05, 3.63) is 0 Å². The summed E-state index contributed by atoms with van der Waals surface area (Å²) in [7, 11) is 0. The average Bonchev–Trinajstić information content (AvgIpc) is 0.849. The lowest BCUT2D eigenvalue weighted by Gasteiger charge is -2.30. The summed E-state index contributed by atoms with van der Waals surface area (Å²) < 4.78 is 0. The maximum absolute atomic E-state index is 14.3. The van der Waals surface area contributed by atoms with E-state index in [0.717, 1.165) is 6.92 Å². The van der Waals surface area contributed by atoms with Crippen molar-refractivity contribution in [2.24, 2.45) is 52.7 Å². The number of hydrogen-bond acceptors (Lipinski definition) is 26. The number of hydrogen-bond donors (Lipinski definition) is 26. The van der Waals surface area contributed by atoms with E-state index in [1.807, 2.05) is 5.32 Å². The van der Waals surface area contributed by atoms with Gasteiger partial charge < -0.3 is 138 Å². The first-order chi connectivity index (χ1) is 56.4. The van der Waals surface area contributed by atoms with Crippen LogP contribution in [0.1, 0.15) is 180 Å². The van der Waals surface area contributed by atoms with Crippen molar-refractivity contribution in [1.29, 1.82) is 0 Å². The Morgan fingerprint density at radius 1 is 0.289 bits per heavy atom. The third kappa shape index (κ3) is 44.3. The van der Waals surface area contributed by atoms with Gasteiger partial charge in [0.2, 0.25) is 94.5 Å². The second-order valence-electron chi connectivity index (χ2n) is 31.5. The van der Waals surface area contributed by atoms with Crippen LogP contribution in [0.2, 0.25) is 0 Å². The summed E-state index contributed by atoms with van der Waals surface area (Å²) in [5, 5.41) is 107. The zero-order valence-corrected chi connectivity index (χ0v) is 71.0. The van der Waals surface area contributed by atoms with E-state index < -0.39 is 298 Å². The largest absolute Gasteiger partial charge is 0.481 e. The SMILES string of the molecule is CC(C)C[C@H](NC(=O)[C@H](CCCCN)NC(=O)[C@H](CO)NC(=O)[C@@H](N)CCCCN)C(=O)NCC(=O)N[C@@H](CC(=O)O)C(=O)N[C@@H](CC(C)C)C(=O)N[C@H](C(=O)N[C@H](C(=O)N[C@H](C(=O)N[C@@H](CO)C(=O)N[C@@H](CC(C)C)C(=O)N[C@H](C(=O)NCC(=O)NCC(=O)N[C@@H](CCC(=O)O)C(=O)N[C@@H](CCC(=O)O)C(=O)O)C(C)C)C(C)C)[C@@H](C)O)C(C)C. The molecule has 688 valence electrons. The number of unbranched alkanes of at least 4 members (excludes halogenated alkanes) is 2. The number of aliphatic hydroxyl groups is 3. The van der Waals surface area contributed by atoms with Crippen LogP contribution in [0.4, 0.5) is 0 Å². The Hall–Kier alpha value is -10.8. The van der Waals surface area contributed by atoms with Gasteiger partial charge >= 0.3 is 23.9 Å². The monoisotopic (exact) mass is 1730 g/mol. The molecule has 46 heteroatoms. The minimum atomic E-state index is -1.91. The Labute approximate surface area is 701 Å². The molecule has 0 aliphatic rings. The van der Waals surface area contributed by atoms with E-state index in [1.165, 1.54) is 41.5 Å². The molecular weight excluding hydrogens is 1600 g/mol. The number of nitrogens with one attached hydrogen (secondary N) is 16. The highest BCUT2D eigenvalue weighted by Gasteiger charge is 2.40. The lowest BCUT2D eigenvalue weighted by Crippen LogP contribution is -2.63. The van der Waals surface area contributed by atoms with Gasteiger partial charge in [-0.1, -0.05) is 89.5 Å². The van der Waals surface area contributed by atoms with Crippen molar-refractivity contribution in [2.75, 3.05) is 45.9 Å². The van der Waals surface area contributed by atoms with Crippen LogP contribution in [0, 0.1) is 35.5 Å². The molecule has 46 nitrogen and oxygen atoms in total. The summed E-state index contributed by atoms with van der Waals surface area (Å²) in [5.74, 6) is -25.8. The molecule has 0 aliphatic heterocycles. The molecule has 0 fully saturated rings. The lowest BCUT2D eigenvalue weighted by molar-refractivity contribution is -0.144.